The molecule has 0 aliphatic heterocycles. The summed E-state index contributed by atoms with van der Waals surface area (Å²) in [6.07, 6.45) is 10.7. The first kappa shape index (κ1) is 28.0. The summed E-state index contributed by atoms with van der Waals surface area (Å²) in [6.45, 7) is 3.28. The summed E-state index contributed by atoms with van der Waals surface area (Å²) < 4.78 is 5.90. The highest BCUT2D eigenvalue weighted by Gasteiger charge is 2.32. The number of halogens is 1. The Morgan fingerprint density at radius 3 is 2.39 bits per heavy atom. The van der Waals surface area contributed by atoms with Gasteiger partial charge in [0.25, 0.3) is 0 Å². The number of benzene rings is 2. The SMILES string of the molecule is CCCCCCOc1ccc(C(C(=O)NC2CCCCC2)N(CCc2ccccc2)C(=O)CCl)cc1. The fraction of sp³-hybridized carbons (Fsp3) is 0.533. The highest BCUT2D eigenvalue weighted by molar-refractivity contribution is 6.27. The van der Waals surface area contributed by atoms with Gasteiger partial charge < -0.3 is 15.0 Å². The van der Waals surface area contributed by atoms with Crippen molar-refractivity contribution in [3.05, 3.63) is 65.7 Å². The number of nitrogens with one attached hydrogen (secondary N) is 1. The van der Waals surface area contributed by atoms with Crippen LogP contribution in [0.15, 0.2) is 54.6 Å². The molecule has 1 unspecified atom stereocenters. The van der Waals surface area contributed by atoms with Gasteiger partial charge in [0.05, 0.1) is 6.61 Å². The monoisotopic (exact) mass is 512 g/mol. The molecular formula is C30H41ClN2O3. The molecule has 1 N–H and O–H groups in total. The molecule has 0 aromatic heterocycles. The minimum absolute atomic E-state index is 0.137. The van der Waals surface area contributed by atoms with Gasteiger partial charge in [0.15, 0.2) is 0 Å². The molecule has 1 aliphatic rings. The van der Waals surface area contributed by atoms with Crippen molar-refractivity contribution in [2.75, 3.05) is 19.0 Å². The van der Waals surface area contributed by atoms with E-state index in [9.17, 15) is 9.59 Å². The Morgan fingerprint density at radius 1 is 1.00 bits per heavy atom. The second-order valence-corrected chi connectivity index (χ2v) is 9.95. The lowest BCUT2D eigenvalue weighted by Gasteiger charge is -2.33. The Hall–Kier alpha value is -2.53. The molecule has 0 radical (unpaired) electrons. The lowest BCUT2D eigenvalue weighted by atomic mass is 9.94. The molecule has 1 atom stereocenters. The van der Waals surface area contributed by atoms with E-state index >= 15 is 0 Å². The van der Waals surface area contributed by atoms with Crippen molar-refractivity contribution in [1.29, 1.82) is 0 Å². The van der Waals surface area contributed by atoms with Crippen LogP contribution in [-0.4, -0.2) is 41.8 Å². The van der Waals surface area contributed by atoms with E-state index in [1.165, 1.54) is 19.3 Å². The van der Waals surface area contributed by atoms with Crippen LogP contribution in [0, 0.1) is 0 Å². The molecule has 0 bridgehead atoms. The van der Waals surface area contributed by atoms with Crippen LogP contribution < -0.4 is 10.1 Å². The Balaban J connectivity index is 1.78. The fourth-order valence-electron chi connectivity index (χ4n) is 4.83. The maximum Gasteiger partial charge on any atom is 0.247 e. The third-order valence-electron chi connectivity index (χ3n) is 6.89. The van der Waals surface area contributed by atoms with Gasteiger partial charge in [-0.05, 0) is 48.9 Å². The third kappa shape index (κ3) is 8.85. The zero-order valence-electron chi connectivity index (χ0n) is 21.6. The van der Waals surface area contributed by atoms with Crippen molar-refractivity contribution >= 4 is 23.4 Å². The van der Waals surface area contributed by atoms with Crippen molar-refractivity contribution in [3.8, 4) is 5.75 Å². The zero-order valence-corrected chi connectivity index (χ0v) is 22.3. The van der Waals surface area contributed by atoms with Crippen LogP contribution in [0.4, 0.5) is 0 Å². The highest BCUT2D eigenvalue weighted by Crippen LogP contribution is 2.26. The smallest absolute Gasteiger partial charge is 0.247 e. The second kappa shape index (κ2) is 15.6. The molecule has 2 amide bonds. The van der Waals surface area contributed by atoms with Crippen LogP contribution in [0.2, 0.25) is 0 Å². The summed E-state index contributed by atoms with van der Waals surface area (Å²) in [5.41, 5.74) is 1.89. The molecular weight excluding hydrogens is 472 g/mol. The summed E-state index contributed by atoms with van der Waals surface area (Å²) in [4.78, 5) is 28.3. The molecule has 36 heavy (non-hydrogen) atoms. The summed E-state index contributed by atoms with van der Waals surface area (Å²) in [5.74, 6) is 0.233. The Morgan fingerprint density at radius 2 is 1.72 bits per heavy atom. The molecule has 2 aromatic carbocycles. The van der Waals surface area contributed by atoms with Gasteiger partial charge in [-0.25, -0.2) is 0 Å². The van der Waals surface area contributed by atoms with Crippen molar-refractivity contribution in [1.82, 2.24) is 10.2 Å². The van der Waals surface area contributed by atoms with Gasteiger partial charge >= 0.3 is 0 Å². The van der Waals surface area contributed by atoms with E-state index in [0.29, 0.717) is 19.6 Å². The van der Waals surface area contributed by atoms with E-state index in [1.807, 2.05) is 54.6 Å². The summed E-state index contributed by atoms with van der Waals surface area (Å²) >= 11 is 6.03. The van der Waals surface area contributed by atoms with Crippen LogP contribution in [0.3, 0.4) is 0 Å². The Kier molecular flexibility index (Phi) is 12.1. The third-order valence-corrected chi connectivity index (χ3v) is 7.12. The topological polar surface area (TPSA) is 58.6 Å². The largest absolute Gasteiger partial charge is 0.494 e. The van der Waals surface area contributed by atoms with Crippen LogP contribution in [-0.2, 0) is 16.0 Å². The predicted molar refractivity (Wildman–Crippen MR) is 146 cm³/mol. The lowest BCUT2D eigenvalue weighted by molar-refractivity contribution is -0.139. The first-order valence-corrected chi connectivity index (χ1v) is 14.1. The maximum atomic E-state index is 13.7. The van der Waals surface area contributed by atoms with Crippen LogP contribution in [0.1, 0.15) is 81.9 Å². The normalized spacial score (nSPS) is 14.7. The number of rotatable bonds is 14. The number of ether oxygens (including phenoxy) is 1. The average molecular weight is 513 g/mol. The van der Waals surface area contributed by atoms with E-state index < -0.39 is 6.04 Å². The van der Waals surface area contributed by atoms with Gasteiger partial charge in [-0.3, -0.25) is 9.59 Å². The predicted octanol–water partition coefficient (Wildman–Crippen LogP) is 6.45. The van der Waals surface area contributed by atoms with Gasteiger partial charge in [0.2, 0.25) is 11.8 Å². The number of nitrogens with zero attached hydrogens (tertiary/aromatic N) is 1. The average Bonchev–Trinajstić information content (AvgIpc) is 2.92. The van der Waals surface area contributed by atoms with Gasteiger partial charge in [-0.1, -0.05) is 87.9 Å². The Labute approximate surface area is 221 Å². The molecule has 0 heterocycles. The fourth-order valence-corrected chi connectivity index (χ4v) is 4.99. The van der Waals surface area contributed by atoms with Gasteiger partial charge in [-0.15, -0.1) is 11.6 Å². The molecule has 3 rings (SSSR count). The first-order valence-electron chi connectivity index (χ1n) is 13.5. The van der Waals surface area contributed by atoms with Crippen LogP contribution in [0.25, 0.3) is 0 Å². The standard InChI is InChI=1S/C30H41ClN2O3/c1-2-3-4-11-22-36-27-18-16-25(17-19-27)29(30(35)32-26-14-9-6-10-15-26)33(28(34)23-31)21-20-24-12-7-5-8-13-24/h5,7-8,12-13,16-19,26,29H,2-4,6,9-11,14-15,20-23H2,1H3,(H,32,35). The highest BCUT2D eigenvalue weighted by atomic mass is 35.5. The molecule has 5 nitrogen and oxygen atoms in total. The van der Waals surface area contributed by atoms with E-state index in [1.54, 1.807) is 4.90 Å². The van der Waals surface area contributed by atoms with Crippen molar-refractivity contribution in [2.45, 2.75) is 83.2 Å². The molecule has 1 aliphatic carbocycles. The molecule has 0 spiro atoms. The number of amides is 2. The van der Waals surface area contributed by atoms with E-state index in [-0.39, 0.29) is 23.7 Å². The number of hydrogen-bond donors (Lipinski definition) is 1. The molecule has 2 aromatic rings. The zero-order chi connectivity index (χ0) is 25.6. The van der Waals surface area contributed by atoms with Crippen molar-refractivity contribution in [3.63, 3.8) is 0 Å². The van der Waals surface area contributed by atoms with Gasteiger partial charge in [0, 0.05) is 12.6 Å². The first-order chi connectivity index (χ1) is 17.6. The minimum Gasteiger partial charge on any atom is -0.494 e. The molecule has 0 saturated heterocycles. The molecule has 1 fully saturated rings. The Bertz CT molecular complexity index is 914. The number of carbonyl (C=O) groups is 2. The van der Waals surface area contributed by atoms with E-state index in [4.69, 9.17) is 16.3 Å². The van der Waals surface area contributed by atoms with Gasteiger partial charge in [-0.2, -0.15) is 0 Å². The van der Waals surface area contributed by atoms with Crippen LogP contribution >= 0.6 is 11.6 Å². The quantitative estimate of drug-likeness (QED) is 0.234. The summed E-state index contributed by atoms with van der Waals surface area (Å²) in [5, 5.41) is 3.24. The van der Waals surface area contributed by atoms with Crippen LogP contribution in [0.5, 0.6) is 5.75 Å². The van der Waals surface area contributed by atoms with Crippen molar-refractivity contribution in [2.24, 2.45) is 0 Å². The number of hydrogen-bond acceptors (Lipinski definition) is 3. The van der Waals surface area contributed by atoms with Gasteiger partial charge in [0.1, 0.15) is 17.7 Å². The molecule has 6 heteroatoms. The van der Waals surface area contributed by atoms with E-state index in [0.717, 1.165) is 55.4 Å². The maximum absolute atomic E-state index is 13.7. The number of carbonyl (C=O) groups excluding carboxylic acids is 2. The minimum atomic E-state index is -0.736. The number of alkyl halides is 1. The van der Waals surface area contributed by atoms with E-state index in [2.05, 4.69) is 12.2 Å². The summed E-state index contributed by atoms with van der Waals surface area (Å²) in [7, 11) is 0. The molecule has 196 valence electrons. The lowest BCUT2D eigenvalue weighted by Crippen LogP contribution is -2.48. The molecule has 1 saturated carbocycles. The second-order valence-electron chi connectivity index (χ2n) is 9.68. The summed E-state index contributed by atoms with van der Waals surface area (Å²) in [6, 6.07) is 17.0. The number of unbranched alkanes of at least 4 members (excludes halogenated alkanes) is 3. The van der Waals surface area contributed by atoms with Crippen molar-refractivity contribution < 1.29 is 14.3 Å².